The Bertz CT molecular complexity index is 888. The Morgan fingerprint density at radius 1 is 1.13 bits per heavy atom. The lowest BCUT2D eigenvalue weighted by Gasteiger charge is -2.11. The van der Waals surface area contributed by atoms with Gasteiger partial charge in [-0.05, 0) is 26.1 Å². The molecule has 2 aromatic carbocycles. The van der Waals surface area contributed by atoms with Crippen LogP contribution in [0.15, 0.2) is 51.7 Å². The molecule has 3 aromatic rings. The molecule has 1 aromatic heterocycles. The number of hydrogen-bond acceptors (Lipinski definition) is 4. The number of aromatic hydroxyl groups is 1. The van der Waals surface area contributed by atoms with Crippen molar-refractivity contribution in [3.8, 4) is 17.1 Å². The van der Waals surface area contributed by atoms with Crippen molar-refractivity contribution in [3.05, 3.63) is 63.8 Å². The first kappa shape index (κ1) is 17.1. The van der Waals surface area contributed by atoms with Crippen molar-refractivity contribution >= 4 is 23.4 Å². The SMILES string of the molecule is CNCc1c(O)ccc2c(=O)c(C)c(-c3ccccc3)oc12.Cl. The first-order valence-electron chi connectivity index (χ1n) is 7.11. The van der Waals surface area contributed by atoms with Crippen LogP contribution in [-0.2, 0) is 6.54 Å². The van der Waals surface area contributed by atoms with Gasteiger partial charge >= 0.3 is 0 Å². The van der Waals surface area contributed by atoms with E-state index in [1.165, 1.54) is 6.07 Å². The van der Waals surface area contributed by atoms with E-state index in [9.17, 15) is 9.90 Å². The van der Waals surface area contributed by atoms with Crippen LogP contribution in [-0.4, -0.2) is 12.2 Å². The predicted molar refractivity (Wildman–Crippen MR) is 94.3 cm³/mol. The van der Waals surface area contributed by atoms with Gasteiger partial charge in [0, 0.05) is 17.7 Å². The monoisotopic (exact) mass is 331 g/mol. The minimum atomic E-state index is -0.0718. The highest BCUT2D eigenvalue weighted by Gasteiger charge is 2.16. The molecule has 4 nitrogen and oxygen atoms in total. The highest BCUT2D eigenvalue weighted by Crippen LogP contribution is 2.30. The summed E-state index contributed by atoms with van der Waals surface area (Å²) in [6.45, 7) is 2.18. The molecule has 120 valence electrons. The van der Waals surface area contributed by atoms with E-state index < -0.39 is 0 Å². The second-order valence-corrected chi connectivity index (χ2v) is 5.22. The highest BCUT2D eigenvalue weighted by atomic mass is 35.5. The van der Waals surface area contributed by atoms with E-state index >= 15 is 0 Å². The Morgan fingerprint density at radius 3 is 2.48 bits per heavy atom. The van der Waals surface area contributed by atoms with Crippen molar-refractivity contribution in [2.75, 3.05) is 7.05 Å². The van der Waals surface area contributed by atoms with Gasteiger partial charge in [-0.15, -0.1) is 12.4 Å². The van der Waals surface area contributed by atoms with Crippen molar-refractivity contribution in [3.63, 3.8) is 0 Å². The van der Waals surface area contributed by atoms with Gasteiger partial charge in [-0.3, -0.25) is 4.79 Å². The molecule has 0 amide bonds. The lowest BCUT2D eigenvalue weighted by atomic mass is 10.0. The van der Waals surface area contributed by atoms with E-state index in [2.05, 4.69) is 5.32 Å². The Labute approximate surface area is 140 Å². The Hall–Kier alpha value is -2.30. The van der Waals surface area contributed by atoms with E-state index in [0.29, 0.717) is 34.4 Å². The van der Waals surface area contributed by atoms with Crippen LogP contribution in [0, 0.1) is 6.92 Å². The standard InChI is InChI=1S/C18H17NO3.ClH/c1-11-16(21)13-8-9-15(20)14(10-19-2)18(13)22-17(11)12-6-4-3-5-7-12;/h3-9,19-20H,10H2,1-2H3;1H. The number of phenolic OH excluding ortho intramolecular Hbond substituents is 1. The molecule has 1 heterocycles. The molecule has 2 N–H and O–H groups in total. The summed E-state index contributed by atoms with van der Waals surface area (Å²) in [4.78, 5) is 12.6. The molecule has 0 fully saturated rings. The zero-order valence-electron chi connectivity index (χ0n) is 12.9. The second-order valence-electron chi connectivity index (χ2n) is 5.22. The van der Waals surface area contributed by atoms with Crippen LogP contribution in [0.1, 0.15) is 11.1 Å². The van der Waals surface area contributed by atoms with Crippen LogP contribution in [0.25, 0.3) is 22.3 Å². The maximum Gasteiger partial charge on any atom is 0.196 e. The molecule has 0 aliphatic carbocycles. The maximum atomic E-state index is 12.6. The summed E-state index contributed by atoms with van der Waals surface area (Å²) in [7, 11) is 1.78. The molecule has 0 aliphatic rings. The van der Waals surface area contributed by atoms with Crippen LogP contribution in [0.4, 0.5) is 0 Å². The molecule has 0 aliphatic heterocycles. The minimum absolute atomic E-state index is 0. The van der Waals surface area contributed by atoms with Gasteiger partial charge in [0.2, 0.25) is 0 Å². The largest absolute Gasteiger partial charge is 0.507 e. The molecule has 0 atom stereocenters. The molecule has 23 heavy (non-hydrogen) atoms. The summed E-state index contributed by atoms with van der Waals surface area (Å²) in [5.41, 5.74) is 2.37. The van der Waals surface area contributed by atoms with E-state index in [0.717, 1.165) is 5.56 Å². The summed E-state index contributed by atoms with van der Waals surface area (Å²) in [5.74, 6) is 0.661. The third-order valence-electron chi connectivity index (χ3n) is 3.76. The number of fused-ring (bicyclic) bond motifs is 1. The van der Waals surface area contributed by atoms with Crippen LogP contribution in [0.3, 0.4) is 0 Å². The van der Waals surface area contributed by atoms with Crippen molar-refractivity contribution < 1.29 is 9.52 Å². The average Bonchev–Trinajstić information content (AvgIpc) is 2.54. The smallest absolute Gasteiger partial charge is 0.196 e. The third-order valence-corrected chi connectivity index (χ3v) is 3.76. The van der Waals surface area contributed by atoms with Crippen LogP contribution in [0.5, 0.6) is 5.75 Å². The van der Waals surface area contributed by atoms with Gasteiger partial charge in [-0.2, -0.15) is 0 Å². The number of nitrogens with one attached hydrogen (secondary N) is 1. The lowest BCUT2D eigenvalue weighted by Crippen LogP contribution is -2.11. The van der Waals surface area contributed by atoms with Gasteiger partial charge in [-0.1, -0.05) is 30.3 Å². The highest BCUT2D eigenvalue weighted by molar-refractivity contribution is 5.85. The fourth-order valence-electron chi connectivity index (χ4n) is 2.61. The maximum absolute atomic E-state index is 12.6. The minimum Gasteiger partial charge on any atom is -0.507 e. The third kappa shape index (κ3) is 2.96. The van der Waals surface area contributed by atoms with Crippen LogP contribution < -0.4 is 10.7 Å². The number of phenols is 1. The summed E-state index contributed by atoms with van der Waals surface area (Å²) in [5, 5.41) is 13.5. The number of hydrogen-bond donors (Lipinski definition) is 2. The van der Waals surface area contributed by atoms with E-state index in [1.807, 2.05) is 30.3 Å². The van der Waals surface area contributed by atoms with Crippen molar-refractivity contribution in [2.45, 2.75) is 13.5 Å². The molecule has 0 radical (unpaired) electrons. The normalized spacial score (nSPS) is 10.5. The first-order chi connectivity index (χ1) is 10.6. The molecule has 0 unspecified atom stereocenters. The van der Waals surface area contributed by atoms with Crippen LogP contribution >= 0.6 is 12.4 Å². The average molecular weight is 332 g/mol. The fourth-order valence-corrected chi connectivity index (χ4v) is 2.61. The summed E-state index contributed by atoms with van der Waals surface area (Å²) < 4.78 is 6.02. The van der Waals surface area contributed by atoms with Gasteiger partial charge < -0.3 is 14.8 Å². The lowest BCUT2D eigenvalue weighted by molar-refractivity contribution is 0.464. The summed E-state index contributed by atoms with van der Waals surface area (Å²) in [6.07, 6.45) is 0. The molecular formula is C18H18ClNO3. The molecule has 0 spiro atoms. The number of halogens is 1. The zero-order valence-corrected chi connectivity index (χ0v) is 13.7. The Balaban J connectivity index is 0.00000192. The molecular weight excluding hydrogens is 314 g/mol. The van der Waals surface area contributed by atoms with E-state index in [4.69, 9.17) is 4.42 Å². The van der Waals surface area contributed by atoms with Crippen molar-refractivity contribution in [1.29, 1.82) is 0 Å². The Morgan fingerprint density at radius 2 is 1.83 bits per heavy atom. The topological polar surface area (TPSA) is 62.5 Å². The van der Waals surface area contributed by atoms with Gasteiger partial charge in [-0.25, -0.2) is 0 Å². The summed E-state index contributed by atoms with van der Waals surface area (Å²) in [6, 6.07) is 12.7. The van der Waals surface area contributed by atoms with Crippen molar-refractivity contribution in [2.24, 2.45) is 0 Å². The second kappa shape index (κ2) is 6.86. The fraction of sp³-hybridized carbons (Fsp3) is 0.167. The predicted octanol–water partition coefficient (Wildman–Crippen LogP) is 3.62. The first-order valence-corrected chi connectivity index (χ1v) is 7.11. The Kier molecular flexibility index (Phi) is 5.08. The molecule has 5 heteroatoms. The van der Waals surface area contributed by atoms with E-state index in [1.54, 1.807) is 20.0 Å². The summed E-state index contributed by atoms with van der Waals surface area (Å²) >= 11 is 0. The molecule has 0 saturated heterocycles. The van der Waals surface area contributed by atoms with Crippen LogP contribution in [0.2, 0.25) is 0 Å². The number of rotatable bonds is 3. The van der Waals surface area contributed by atoms with Gasteiger partial charge in [0.05, 0.1) is 10.9 Å². The van der Waals surface area contributed by atoms with Gasteiger partial charge in [0.15, 0.2) is 5.43 Å². The van der Waals surface area contributed by atoms with E-state index in [-0.39, 0.29) is 23.6 Å². The zero-order chi connectivity index (χ0) is 15.7. The van der Waals surface area contributed by atoms with Crippen molar-refractivity contribution in [1.82, 2.24) is 5.32 Å². The van der Waals surface area contributed by atoms with Gasteiger partial charge in [0.1, 0.15) is 17.1 Å². The molecule has 3 rings (SSSR count). The number of benzene rings is 2. The molecule has 0 saturated carbocycles. The quantitative estimate of drug-likeness (QED) is 0.769. The van der Waals surface area contributed by atoms with Gasteiger partial charge in [0.25, 0.3) is 0 Å². The molecule has 0 bridgehead atoms.